The molecule has 1 aromatic carbocycles. The molecule has 0 saturated carbocycles. The molecule has 2 rings (SSSR count). The Morgan fingerprint density at radius 1 is 0.538 bits per heavy atom. The largest absolute Gasteiger partial charge is 0.459 e. The normalized spacial score (nSPS) is 13.4. The molecule has 0 fully saturated rings. The van der Waals surface area contributed by atoms with Crippen LogP contribution in [0, 0.1) is 0 Å². The summed E-state index contributed by atoms with van der Waals surface area (Å²) in [5.74, 6) is -3.24. The van der Waals surface area contributed by atoms with Crippen LogP contribution in [0.25, 0.3) is 0 Å². The van der Waals surface area contributed by atoms with Crippen molar-refractivity contribution in [3.8, 4) is 11.5 Å². The zero-order valence-electron chi connectivity index (χ0n) is 24.8. The number of esters is 2. The maximum atomic E-state index is 13.1. The molecule has 0 spiro atoms. The highest BCUT2D eigenvalue weighted by molar-refractivity contribution is 6.03. The van der Waals surface area contributed by atoms with Crippen LogP contribution in [-0.2, 0) is 19.1 Å². The van der Waals surface area contributed by atoms with E-state index in [0.717, 1.165) is 38.5 Å². The van der Waals surface area contributed by atoms with Gasteiger partial charge in [-0.1, -0.05) is 142 Å². The van der Waals surface area contributed by atoms with Crippen molar-refractivity contribution in [3.05, 3.63) is 24.3 Å². The van der Waals surface area contributed by atoms with Crippen LogP contribution < -0.4 is 9.47 Å². The van der Waals surface area contributed by atoms with E-state index in [1.54, 1.807) is 24.3 Å². The van der Waals surface area contributed by atoms with Gasteiger partial charge in [0.15, 0.2) is 11.5 Å². The molecule has 0 aliphatic carbocycles. The average molecular weight is 547 g/mol. The van der Waals surface area contributed by atoms with E-state index in [0.29, 0.717) is 11.5 Å². The third kappa shape index (κ3) is 12.7. The molecule has 6 nitrogen and oxygen atoms in total. The highest BCUT2D eigenvalue weighted by Crippen LogP contribution is 2.40. The smallest absolute Gasteiger partial charge is 0.453 e. The molecular weight excluding hydrogens is 492 g/mol. The minimum absolute atomic E-state index is 0.228. The molecule has 0 unspecified atom stereocenters. The monoisotopic (exact) mass is 546 g/mol. The molecule has 0 bridgehead atoms. The van der Waals surface area contributed by atoms with Crippen LogP contribution in [0.5, 0.6) is 11.5 Å². The second-order valence-corrected chi connectivity index (χ2v) is 10.9. The molecular formula is C33H54O6. The van der Waals surface area contributed by atoms with E-state index in [4.69, 9.17) is 18.9 Å². The lowest BCUT2D eigenvalue weighted by molar-refractivity contribution is -0.202. The van der Waals surface area contributed by atoms with Crippen molar-refractivity contribution in [1.29, 1.82) is 0 Å². The summed E-state index contributed by atoms with van der Waals surface area (Å²) in [6, 6.07) is 6.87. The van der Waals surface area contributed by atoms with Gasteiger partial charge in [0.1, 0.15) is 0 Å². The van der Waals surface area contributed by atoms with Gasteiger partial charge in [0, 0.05) is 0 Å². The molecule has 1 aliphatic rings. The van der Waals surface area contributed by atoms with Gasteiger partial charge in [0.05, 0.1) is 13.2 Å². The Kier molecular flexibility index (Phi) is 17.4. The standard InChI is InChI=1S/C33H54O6/c1-3-5-7-9-11-13-15-17-19-23-27-36-31(34)33(38-29-25-21-22-26-30(29)39-33)32(35)37-28-24-20-18-16-14-12-10-8-6-4-2/h21-22,25-26H,3-20,23-24,27-28H2,1-2H3. The van der Waals surface area contributed by atoms with Crippen LogP contribution in [0.3, 0.4) is 0 Å². The van der Waals surface area contributed by atoms with Gasteiger partial charge < -0.3 is 18.9 Å². The molecule has 0 atom stereocenters. The summed E-state index contributed by atoms with van der Waals surface area (Å²) in [5.41, 5.74) is 0. The van der Waals surface area contributed by atoms with Crippen molar-refractivity contribution in [2.75, 3.05) is 13.2 Å². The SMILES string of the molecule is CCCCCCCCCCCCOC(=O)C1(C(=O)OCCCCCCCCCCCC)Oc2ccccc2O1. The first-order valence-electron chi connectivity index (χ1n) is 16.0. The van der Waals surface area contributed by atoms with Gasteiger partial charge in [-0.15, -0.1) is 0 Å². The maximum absolute atomic E-state index is 13.1. The Morgan fingerprint density at radius 3 is 1.18 bits per heavy atom. The lowest BCUT2D eigenvalue weighted by atomic mass is 10.1. The minimum atomic E-state index is -2.22. The van der Waals surface area contributed by atoms with Crippen LogP contribution >= 0.6 is 0 Å². The van der Waals surface area contributed by atoms with E-state index in [-0.39, 0.29) is 13.2 Å². The second kappa shape index (κ2) is 20.6. The van der Waals surface area contributed by atoms with Gasteiger partial charge in [-0.3, -0.25) is 0 Å². The van der Waals surface area contributed by atoms with Gasteiger partial charge in [-0.25, -0.2) is 9.59 Å². The van der Waals surface area contributed by atoms with Gasteiger partial charge in [0.2, 0.25) is 0 Å². The topological polar surface area (TPSA) is 71.1 Å². The van der Waals surface area contributed by atoms with Crippen molar-refractivity contribution >= 4 is 11.9 Å². The minimum Gasteiger partial charge on any atom is -0.459 e. The van der Waals surface area contributed by atoms with Crippen LogP contribution in [0.1, 0.15) is 142 Å². The number of carbonyl (C=O) groups excluding carboxylic acids is 2. The fourth-order valence-electron chi connectivity index (χ4n) is 4.90. The summed E-state index contributed by atoms with van der Waals surface area (Å²) in [6.07, 6.45) is 23.8. The molecule has 0 amide bonds. The van der Waals surface area contributed by atoms with E-state index in [1.807, 2.05) is 0 Å². The van der Waals surface area contributed by atoms with E-state index in [1.165, 1.54) is 89.9 Å². The van der Waals surface area contributed by atoms with E-state index < -0.39 is 17.7 Å². The van der Waals surface area contributed by atoms with Gasteiger partial charge >= 0.3 is 17.7 Å². The number of hydrogen-bond acceptors (Lipinski definition) is 6. The number of para-hydroxylation sites is 2. The lowest BCUT2D eigenvalue weighted by Crippen LogP contribution is -2.56. The molecule has 1 heterocycles. The number of ether oxygens (including phenoxy) is 4. The number of carbonyl (C=O) groups is 2. The molecule has 1 aliphatic heterocycles. The van der Waals surface area contributed by atoms with Crippen molar-refractivity contribution in [3.63, 3.8) is 0 Å². The van der Waals surface area contributed by atoms with E-state index in [9.17, 15) is 9.59 Å². The van der Waals surface area contributed by atoms with Crippen molar-refractivity contribution in [1.82, 2.24) is 0 Å². The molecule has 0 aromatic heterocycles. The molecule has 39 heavy (non-hydrogen) atoms. The maximum Gasteiger partial charge on any atom is 0.453 e. The van der Waals surface area contributed by atoms with Crippen molar-refractivity contribution < 1.29 is 28.5 Å². The number of benzene rings is 1. The lowest BCUT2D eigenvalue weighted by Gasteiger charge is -2.23. The second-order valence-electron chi connectivity index (χ2n) is 10.9. The zero-order chi connectivity index (χ0) is 28.0. The fourth-order valence-corrected chi connectivity index (χ4v) is 4.90. The quantitative estimate of drug-likeness (QED) is 0.0731. The highest BCUT2D eigenvalue weighted by Gasteiger charge is 2.59. The van der Waals surface area contributed by atoms with Crippen LogP contribution in [-0.4, -0.2) is 30.9 Å². The molecule has 222 valence electrons. The Bertz CT molecular complexity index is 727. The predicted octanol–water partition coefficient (Wildman–Crippen LogP) is 9.08. The average Bonchev–Trinajstić information content (AvgIpc) is 3.35. The molecule has 0 radical (unpaired) electrons. The summed E-state index contributed by atoms with van der Waals surface area (Å²) in [4.78, 5) is 26.1. The van der Waals surface area contributed by atoms with Crippen LogP contribution in [0.2, 0.25) is 0 Å². The summed E-state index contributed by atoms with van der Waals surface area (Å²) >= 11 is 0. The number of hydrogen-bond donors (Lipinski definition) is 0. The number of unbranched alkanes of at least 4 members (excludes halogenated alkanes) is 18. The van der Waals surface area contributed by atoms with E-state index >= 15 is 0 Å². The number of rotatable bonds is 24. The Balaban J connectivity index is 1.68. The highest BCUT2D eigenvalue weighted by atomic mass is 16.8. The summed E-state index contributed by atoms with van der Waals surface area (Å²) in [7, 11) is 0. The third-order valence-corrected chi connectivity index (χ3v) is 7.36. The summed E-state index contributed by atoms with van der Waals surface area (Å²) < 4.78 is 22.4. The first-order chi connectivity index (χ1) is 19.1. The zero-order valence-corrected chi connectivity index (χ0v) is 24.8. The third-order valence-electron chi connectivity index (χ3n) is 7.36. The van der Waals surface area contributed by atoms with Crippen LogP contribution in [0.15, 0.2) is 24.3 Å². The Morgan fingerprint density at radius 2 is 0.846 bits per heavy atom. The number of fused-ring (bicyclic) bond motifs is 1. The fraction of sp³-hybridized carbons (Fsp3) is 0.758. The molecule has 1 aromatic rings. The van der Waals surface area contributed by atoms with Crippen molar-refractivity contribution in [2.24, 2.45) is 0 Å². The van der Waals surface area contributed by atoms with Gasteiger partial charge in [-0.2, -0.15) is 0 Å². The molecule has 0 saturated heterocycles. The molecule has 0 N–H and O–H groups in total. The van der Waals surface area contributed by atoms with E-state index in [2.05, 4.69) is 13.8 Å². The van der Waals surface area contributed by atoms with Crippen LogP contribution in [0.4, 0.5) is 0 Å². The van der Waals surface area contributed by atoms with Gasteiger partial charge in [-0.05, 0) is 25.0 Å². The summed E-state index contributed by atoms with van der Waals surface area (Å²) in [5, 5.41) is 0. The Hall–Kier alpha value is -2.24. The first kappa shape index (κ1) is 33.0. The molecule has 6 heteroatoms. The van der Waals surface area contributed by atoms with Crippen molar-refractivity contribution in [2.45, 2.75) is 148 Å². The summed E-state index contributed by atoms with van der Waals surface area (Å²) in [6.45, 7) is 4.93. The van der Waals surface area contributed by atoms with Gasteiger partial charge in [0.25, 0.3) is 0 Å². The first-order valence-corrected chi connectivity index (χ1v) is 16.0. The Labute approximate surface area is 237 Å². The predicted molar refractivity (Wildman–Crippen MR) is 156 cm³/mol.